The number of aromatic nitrogens is 1. The van der Waals surface area contributed by atoms with Crippen LogP contribution in [0.5, 0.6) is 0 Å². The van der Waals surface area contributed by atoms with Gasteiger partial charge in [0.15, 0.2) is 0 Å². The van der Waals surface area contributed by atoms with Gasteiger partial charge in [-0.1, -0.05) is 68.0 Å². The van der Waals surface area contributed by atoms with Gasteiger partial charge in [-0.2, -0.15) is 0 Å². The first-order valence-electron chi connectivity index (χ1n) is 12.4. The van der Waals surface area contributed by atoms with Crippen LogP contribution >= 0.6 is 0 Å². The highest BCUT2D eigenvalue weighted by atomic mass is 16.5. The molecule has 1 aromatic heterocycles. The molecular formula is C29H42N2O2. The molecule has 180 valence electrons. The van der Waals surface area contributed by atoms with Gasteiger partial charge >= 0.3 is 0 Å². The van der Waals surface area contributed by atoms with E-state index in [4.69, 9.17) is 4.74 Å². The number of allylic oxidation sites excluding steroid dienone is 9. The van der Waals surface area contributed by atoms with Crippen molar-refractivity contribution in [2.75, 3.05) is 26.7 Å². The van der Waals surface area contributed by atoms with Crippen molar-refractivity contribution in [1.82, 2.24) is 9.47 Å². The van der Waals surface area contributed by atoms with Crippen LogP contribution in [0.2, 0.25) is 0 Å². The Hall–Kier alpha value is -2.43. The van der Waals surface area contributed by atoms with Crippen molar-refractivity contribution in [3.05, 3.63) is 88.4 Å². The lowest BCUT2D eigenvalue weighted by Gasteiger charge is -2.16. The van der Waals surface area contributed by atoms with Gasteiger partial charge in [-0.05, 0) is 64.3 Å². The summed E-state index contributed by atoms with van der Waals surface area (Å²) in [5.74, 6) is 0. The Morgan fingerprint density at radius 3 is 2.85 bits per heavy atom. The predicted molar refractivity (Wildman–Crippen MR) is 142 cm³/mol. The monoisotopic (exact) mass is 450 g/mol. The first-order valence-corrected chi connectivity index (χ1v) is 12.4. The van der Waals surface area contributed by atoms with E-state index in [1.807, 2.05) is 6.20 Å². The molecule has 0 fully saturated rings. The molecule has 2 rings (SSSR count). The molecule has 0 saturated heterocycles. The van der Waals surface area contributed by atoms with Crippen LogP contribution in [0.3, 0.4) is 0 Å². The summed E-state index contributed by atoms with van der Waals surface area (Å²) in [7, 11) is 2.13. The number of likely N-dealkylation sites (N-methyl/N-ethyl adjacent to an activating group) is 1. The van der Waals surface area contributed by atoms with Crippen LogP contribution < -0.4 is 5.56 Å². The van der Waals surface area contributed by atoms with Crippen LogP contribution in [0, 0.1) is 0 Å². The lowest BCUT2D eigenvalue weighted by Crippen LogP contribution is -2.25. The molecular weight excluding hydrogens is 408 g/mol. The Morgan fingerprint density at radius 2 is 2.09 bits per heavy atom. The van der Waals surface area contributed by atoms with Crippen LogP contribution in [0.25, 0.3) is 5.70 Å². The number of ether oxygens (including phenoxy) is 1. The van der Waals surface area contributed by atoms with Crippen LogP contribution in [0.15, 0.2) is 77.3 Å². The van der Waals surface area contributed by atoms with E-state index in [0.29, 0.717) is 6.42 Å². The van der Waals surface area contributed by atoms with Gasteiger partial charge in [0, 0.05) is 30.9 Å². The smallest absolute Gasteiger partial charge is 0.255 e. The number of nitrogens with zero attached hydrogens (tertiary/aromatic N) is 2. The minimum absolute atomic E-state index is 0.0379. The Bertz CT molecular complexity index is 918. The lowest BCUT2D eigenvalue weighted by molar-refractivity contribution is 0.0800. The standard InChI is InChI=1S/C29H42N2O2/c1-5-12-28(16-11-13-25(3)33-23-22-30(4)20-6-2)31-21-19-27(24-29(31)32)18-17-26-14-9-7-8-10-15-26/h7-9,11-15,19,21,24-25H,5-6,10,16-18,20,22-23H2,1-4H3/b13-11-,28-12+. The number of rotatable bonds is 14. The summed E-state index contributed by atoms with van der Waals surface area (Å²) in [6.45, 7) is 9.12. The summed E-state index contributed by atoms with van der Waals surface area (Å²) < 4.78 is 7.68. The molecule has 0 spiro atoms. The fourth-order valence-corrected chi connectivity index (χ4v) is 3.85. The van der Waals surface area contributed by atoms with Crippen LogP contribution in [0.4, 0.5) is 0 Å². The van der Waals surface area contributed by atoms with Gasteiger partial charge < -0.3 is 9.64 Å². The van der Waals surface area contributed by atoms with Crippen molar-refractivity contribution in [3.8, 4) is 0 Å². The molecule has 0 bridgehead atoms. The molecule has 33 heavy (non-hydrogen) atoms. The van der Waals surface area contributed by atoms with E-state index in [0.717, 1.165) is 63.1 Å². The molecule has 4 heteroatoms. The van der Waals surface area contributed by atoms with E-state index in [1.165, 1.54) is 5.57 Å². The van der Waals surface area contributed by atoms with E-state index in [9.17, 15) is 4.79 Å². The second-order valence-corrected chi connectivity index (χ2v) is 8.66. The van der Waals surface area contributed by atoms with E-state index < -0.39 is 0 Å². The van der Waals surface area contributed by atoms with Gasteiger partial charge in [0.05, 0.1) is 12.7 Å². The van der Waals surface area contributed by atoms with Crippen molar-refractivity contribution >= 4 is 5.70 Å². The zero-order chi connectivity index (χ0) is 23.9. The SMILES string of the molecule is CC/C=C(\C/C=C\C(C)OCCN(C)CCC)n1ccc(CCC2=CCC=CC=C2)cc1=O. The third-order valence-electron chi connectivity index (χ3n) is 5.70. The molecule has 1 aliphatic carbocycles. The zero-order valence-electron chi connectivity index (χ0n) is 21.0. The van der Waals surface area contributed by atoms with E-state index in [1.54, 1.807) is 10.6 Å². The maximum Gasteiger partial charge on any atom is 0.255 e. The Labute approximate surface area is 200 Å². The fraction of sp³-hybridized carbons (Fsp3) is 0.483. The Balaban J connectivity index is 1.91. The topological polar surface area (TPSA) is 34.5 Å². The molecule has 1 unspecified atom stereocenters. The minimum Gasteiger partial charge on any atom is -0.373 e. The lowest BCUT2D eigenvalue weighted by atomic mass is 10.0. The Morgan fingerprint density at radius 1 is 1.24 bits per heavy atom. The predicted octanol–water partition coefficient (Wildman–Crippen LogP) is 6.17. The van der Waals surface area contributed by atoms with E-state index in [-0.39, 0.29) is 11.7 Å². The maximum absolute atomic E-state index is 12.8. The van der Waals surface area contributed by atoms with Crippen molar-refractivity contribution in [2.45, 2.75) is 65.4 Å². The minimum atomic E-state index is 0.0379. The molecule has 1 heterocycles. The van der Waals surface area contributed by atoms with Crippen molar-refractivity contribution < 1.29 is 4.74 Å². The molecule has 0 radical (unpaired) electrons. The Kier molecular flexibility index (Phi) is 12.5. The van der Waals surface area contributed by atoms with Gasteiger partial charge in [0.1, 0.15) is 0 Å². The molecule has 1 atom stereocenters. The van der Waals surface area contributed by atoms with E-state index >= 15 is 0 Å². The van der Waals surface area contributed by atoms with Gasteiger partial charge in [-0.15, -0.1) is 0 Å². The highest BCUT2D eigenvalue weighted by Gasteiger charge is 2.05. The van der Waals surface area contributed by atoms with Crippen molar-refractivity contribution in [3.63, 3.8) is 0 Å². The molecule has 0 saturated carbocycles. The molecule has 0 amide bonds. The number of hydrogen-bond donors (Lipinski definition) is 0. The summed E-state index contributed by atoms with van der Waals surface area (Å²) >= 11 is 0. The van der Waals surface area contributed by atoms with Gasteiger partial charge in [0.25, 0.3) is 5.56 Å². The molecule has 4 nitrogen and oxygen atoms in total. The fourth-order valence-electron chi connectivity index (χ4n) is 3.85. The number of hydrogen-bond acceptors (Lipinski definition) is 3. The quantitative estimate of drug-likeness (QED) is 0.318. The summed E-state index contributed by atoms with van der Waals surface area (Å²) in [4.78, 5) is 15.1. The second-order valence-electron chi connectivity index (χ2n) is 8.66. The molecule has 0 aromatic carbocycles. The van der Waals surface area contributed by atoms with Crippen LogP contribution in [0.1, 0.15) is 58.4 Å². The first-order chi connectivity index (χ1) is 16.0. The molecule has 0 N–H and O–H groups in total. The molecule has 1 aliphatic rings. The van der Waals surface area contributed by atoms with Gasteiger partial charge in [-0.3, -0.25) is 9.36 Å². The van der Waals surface area contributed by atoms with E-state index in [2.05, 4.69) is 87.4 Å². The maximum atomic E-state index is 12.8. The van der Waals surface area contributed by atoms with Crippen molar-refractivity contribution in [2.24, 2.45) is 0 Å². The first kappa shape index (κ1) is 26.8. The summed E-state index contributed by atoms with van der Waals surface area (Å²) in [6.07, 6.45) is 24.6. The number of pyridine rings is 1. The average Bonchev–Trinajstić information content (AvgIpc) is 3.06. The second kappa shape index (κ2) is 15.4. The summed E-state index contributed by atoms with van der Waals surface area (Å²) in [6, 6.07) is 3.86. The largest absolute Gasteiger partial charge is 0.373 e. The van der Waals surface area contributed by atoms with Crippen LogP contribution in [-0.2, 0) is 11.2 Å². The number of aryl methyl sites for hydroxylation is 1. The molecule has 0 aliphatic heterocycles. The summed E-state index contributed by atoms with van der Waals surface area (Å²) in [5.41, 5.74) is 3.47. The normalized spacial score (nSPS) is 15.3. The van der Waals surface area contributed by atoms with Crippen LogP contribution in [-0.4, -0.2) is 42.3 Å². The average molecular weight is 451 g/mol. The third-order valence-corrected chi connectivity index (χ3v) is 5.70. The third kappa shape index (κ3) is 10.4. The van der Waals surface area contributed by atoms with Crippen molar-refractivity contribution in [1.29, 1.82) is 0 Å². The van der Waals surface area contributed by atoms with Gasteiger partial charge in [-0.25, -0.2) is 0 Å². The zero-order valence-corrected chi connectivity index (χ0v) is 21.0. The van der Waals surface area contributed by atoms with Gasteiger partial charge in [0.2, 0.25) is 0 Å². The highest BCUT2D eigenvalue weighted by molar-refractivity contribution is 5.47. The highest BCUT2D eigenvalue weighted by Crippen LogP contribution is 2.15. The molecule has 1 aromatic rings. The summed E-state index contributed by atoms with van der Waals surface area (Å²) in [5, 5.41) is 0.